The van der Waals surface area contributed by atoms with Crippen LogP contribution in [0.25, 0.3) is 0 Å². The summed E-state index contributed by atoms with van der Waals surface area (Å²) in [5.41, 5.74) is 7.53. The number of nitriles is 1. The number of rotatable bonds is 4. The Bertz CT molecular complexity index is 889. The van der Waals surface area contributed by atoms with Crippen LogP contribution in [-0.4, -0.2) is 31.3 Å². The van der Waals surface area contributed by atoms with E-state index in [1.54, 1.807) is 25.4 Å². The Hall–Kier alpha value is -3.47. The normalized spacial score (nSPS) is 15.7. The highest BCUT2D eigenvalue weighted by Crippen LogP contribution is 2.45. The third kappa shape index (κ3) is 2.76. The summed E-state index contributed by atoms with van der Waals surface area (Å²) in [7, 11) is 4.50. The fourth-order valence-corrected chi connectivity index (χ4v) is 2.70. The van der Waals surface area contributed by atoms with Crippen molar-refractivity contribution in [1.82, 2.24) is 9.97 Å². The van der Waals surface area contributed by atoms with Crippen LogP contribution < -0.4 is 24.7 Å². The summed E-state index contributed by atoms with van der Waals surface area (Å²) in [5.74, 6) is 0.898. The van der Waals surface area contributed by atoms with Crippen LogP contribution in [0.4, 0.5) is 0 Å². The third-order valence-corrected chi connectivity index (χ3v) is 3.87. The first-order valence-electron chi connectivity index (χ1n) is 7.33. The molecule has 2 aromatic rings. The first kappa shape index (κ1) is 16.4. The molecule has 0 fully saturated rings. The summed E-state index contributed by atoms with van der Waals surface area (Å²) in [4.78, 5) is 8.32. The maximum Gasteiger partial charge on any atom is 0.319 e. The van der Waals surface area contributed by atoms with Gasteiger partial charge in [-0.2, -0.15) is 10.2 Å². The minimum absolute atomic E-state index is 0.0196. The molecule has 2 heterocycles. The van der Waals surface area contributed by atoms with Crippen molar-refractivity contribution in [3.05, 3.63) is 47.0 Å². The van der Waals surface area contributed by atoms with E-state index in [4.69, 9.17) is 24.7 Å². The number of ether oxygens (including phenoxy) is 4. The Morgan fingerprint density at radius 3 is 2.60 bits per heavy atom. The Balaban J connectivity index is 2.22. The lowest BCUT2D eigenvalue weighted by Crippen LogP contribution is -2.21. The fourth-order valence-electron chi connectivity index (χ4n) is 2.70. The molecule has 128 valence electrons. The van der Waals surface area contributed by atoms with Gasteiger partial charge in [-0.15, -0.1) is 0 Å². The molecule has 1 aliphatic heterocycles. The van der Waals surface area contributed by atoms with Crippen LogP contribution in [0.3, 0.4) is 0 Å². The molecular formula is C17H16N4O4. The van der Waals surface area contributed by atoms with Crippen molar-refractivity contribution < 1.29 is 18.9 Å². The number of allylic oxidation sites excluding steroid dienone is 1. The topological polar surface area (TPSA) is 113 Å². The summed E-state index contributed by atoms with van der Waals surface area (Å²) in [6.07, 6.45) is 1.55. The molecule has 3 rings (SSSR count). The lowest BCUT2D eigenvalue weighted by molar-refractivity contribution is 0.346. The molecule has 0 amide bonds. The van der Waals surface area contributed by atoms with E-state index in [9.17, 15) is 5.26 Å². The van der Waals surface area contributed by atoms with Crippen LogP contribution in [0, 0.1) is 11.3 Å². The first-order chi connectivity index (χ1) is 12.1. The van der Waals surface area contributed by atoms with Crippen molar-refractivity contribution in [3.8, 4) is 29.5 Å². The highest BCUT2D eigenvalue weighted by molar-refractivity contribution is 5.58. The summed E-state index contributed by atoms with van der Waals surface area (Å²) in [6.45, 7) is 0. The van der Waals surface area contributed by atoms with Gasteiger partial charge in [0.2, 0.25) is 11.8 Å². The molecule has 25 heavy (non-hydrogen) atoms. The van der Waals surface area contributed by atoms with Gasteiger partial charge in [-0.25, -0.2) is 4.98 Å². The molecule has 0 saturated carbocycles. The minimum atomic E-state index is -0.527. The highest BCUT2D eigenvalue weighted by atomic mass is 16.5. The second-order valence-electron chi connectivity index (χ2n) is 5.15. The molecule has 0 spiro atoms. The van der Waals surface area contributed by atoms with Gasteiger partial charge in [-0.05, 0) is 6.07 Å². The average Bonchev–Trinajstić information content (AvgIpc) is 2.65. The molecule has 8 heteroatoms. The van der Waals surface area contributed by atoms with E-state index in [1.807, 2.05) is 6.07 Å². The van der Waals surface area contributed by atoms with Crippen molar-refractivity contribution >= 4 is 0 Å². The molecule has 0 bridgehead atoms. The molecule has 1 atom stereocenters. The molecule has 8 nitrogen and oxygen atoms in total. The quantitative estimate of drug-likeness (QED) is 0.895. The second kappa shape index (κ2) is 6.57. The average molecular weight is 340 g/mol. The maximum atomic E-state index is 9.58. The van der Waals surface area contributed by atoms with Crippen molar-refractivity contribution in [2.45, 2.75) is 5.92 Å². The van der Waals surface area contributed by atoms with E-state index in [-0.39, 0.29) is 17.5 Å². The molecule has 1 aromatic heterocycles. The SMILES string of the molecule is COc1ccc2c(c1)OC(N)=C(C#N)C2c1cnc(OC)nc1OC. The van der Waals surface area contributed by atoms with Gasteiger partial charge in [0.1, 0.15) is 23.1 Å². The van der Waals surface area contributed by atoms with Gasteiger partial charge >= 0.3 is 6.01 Å². The summed E-state index contributed by atoms with van der Waals surface area (Å²) >= 11 is 0. The Labute approximate surface area is 144 Å². The van der Waals surface area contributed by atoms with Gasteiger partial charge in [-0.3, -0.25) is 0 Å². The number of nitrogens with zero attached hydrogens (tertiary/aromatic N) is 3. The zero-order valence-corrected chi connectivity index (χ0v) is 13.9. The van der Waals surface area contributed by atoms with Gasteiger partial charge in [0, 0.05) is 23.4 Å². The molecular weight excluding hydrogens is 324 g/mol. The predicted octanol–water partition coefficient (Wildman–Crippen LogP) is 1.72. The maximum absolute atomic E-state index is 9.58. The summed E-state index contributed by atoms with van der Waals surface area (Å²) in [5, 5.41) is 9.58. The number of hydrogen-bond donors (Lipinski definition) is 1. The van der Waals surface area contributed by atoms with Crippen LogP contribution in [0.2, 0.25) is 0 Å². The molecule has 1 unspecified atom stereocenters. The van der Waals surface area contributed by atoms with Gasteiger partial charge in [-0.1, -0.05) is 6.07 Å². The number of aromatic nitrogens is 2. The number of methoxy groups -OCH3 is 3. The highest BCUT2D eigenvalue weighted by Gasteiger charge is 2.33. The van der Waals surface area contributed by atoms with Crippen LogP contribution in [0.15, 0.2) is 35.9 Å². The fraction of sp³-hybridized carbons (Fsp3) is 0.235. The predicted molar refractivity (Wildman–Crippen MR) is 87.4 cm³/mol. The number of benzene rings is 1. The van der Waals surface area contributed by atoms with E-state index in [1.165, 1.54) is 14.2 Å². The molecule has 0 saturated heterocycles. The second-order valence-corrected chi connectivity index (χ2v) is 5.15. The number of fused-ring (bicyclic) bond motifs is 1. The first-order valence-corrected chi connectivity index (χ1v) is 7.33. The minimum Gasteiger partial charge on any atom is -0.497 e. The van der Waals surface area contributed by atoms with Crippen LogP contribution in [0.1, 0.15) is 17.0 Å². The molecule has 1 aliphatic rings. The van der Waals surface area contributed by atoms with Crippen LogP contribution >= 0.6 is 0 Å². The Morgan fingerprint density at radius 1 is 1.16 bits per heavy atom. The zero-order chi connectivity index (χ0) is 18.0. The Morgan fingerprint density at radius 2 is 1.96 bits per heavy atom. The van der Waals surface area contributed by atoms with E-state index in [0.717, 1.165) is 5.56 Å². The summed E-state index contributed by atoms with van der Waals surface area (Å²) in [6, 6.07) is 7.57. The van der Waals surface area contributed by atoms with E-state index < -0.39 is 5.92 Å². The van der Waals surface area contributed by atoms with Gasteiger partial charge in [0.25, 0.3) is 0 Å². The molecule has 0 radical (unpaired) electrons. The monoisotopic (exact) mass is 340 g/mol. The van der Waals surface area contributed by atoms with Crippen LogP contribution in [-0.2, 0) is 0 Å². The van der Waals surface area contributed by atoms with Gasteiger partial charge in [0.15, 0.2) is 0 Å². The van der Waals surface area contributed by atoms with Gasteiger partial charge < -0.3 is 24.7 Å². The zero-order valence-electron chi connectivity index (χ0n) is 13.9. The van der Waals surface area contributed by atoms with Crippen molar-refractivity contribution in [3.63, 3.8) is 0 Å². The van der Waals surface area contributed by atoms with Crippen molar-refractivity contribution in [2.24, 2.45) is 5.73 Å². The number of nitrogens with two attached hydrogens (primary N) is 1. The summed E-state index contributed by atoms with van der Waals surface area (Å²) < 4.78 is 21.2. The smallest absolute Gasteiger partial charge is 0.319 e. The number of hydrogen-bond acceptors (Lipinski definition) is 8. The largest absolute Gasteiger partial charge is 0.497 e. The van der Waals surface area contributed by atoms with Crippen molar-refractivity contribution in [2.75, 3.05) is 21.3 Å². The molecule has 1 aromatic carbocycles. The van der Waals surface area contributed by atoms with E-state index >= 15 is 0 Å². The lowest BCUT2D eigenvalue weighted by Gasteiger charge is -2.27. The van der Waals surface area contributed by atoms with E-state index in [2.05, 4.69) is 16.0 Å². The molecule has 2 N–H and O–H groups in total. The third-order valence-electron chi connectivity index (χ3n) is 3.87. The Kier molecular flexibility index (Phi) is 4.31. The molecule has 0 aliphatic carbocycles. The van der Waals surface area contributed by atoms with E-state index in [0.29, 0.717) is 22.9 Å². The lowest BCUT2D eigenvalue weighted by atomic mass is 9.84. The van der Waals surface area contributed by atoms with Crippen LogP contribution in [0.5, 0.6) is 23.4 Å². The van der Waals surface area contributed by atoms with Gasteiger partial charge in [0.05, 0.1) is 27.2 Å². The van der Waals surface area contributed by atoms with Crippen molar-refractivity contribution in [1.29, 1.82) is 5.26 Å². The standard InChI is InChI=1S/C17H16N4O4/c1-22-9-4-5-10-13(6-9)25-15(19)11(7-18)14(10)12-8-20-17(24-3)21-16(12)23-2/h4-6,8,14H,19H2,1-3H3.